The Labute approximate surface area is 140 Å². The average molecular weight is 338 g/mol. The molecule has 1 saturated heterocycles. The average Bonchev–Trinajstić information content (AvgIpc) is 2.59. The number of likely N-dealkylation sites (tertiary alicyclic amines) is 1. The van der Waals surface area contributed by atoms with Crippen molar-refractivity contribution < 1.29 is 23.8 Å². The first-order chi connectivity index (χ1) is 11.5. The summed E-state index contributed by atoms with van der Waals surface area (Å²) in [6, 6.07) is 4.34. The quantitative estimate of drug-likeness (QED) is 0.857. The van der Waals surface area contributed by atoms with Crippen LogP contribution in [-0.2, 0) is 4.79 Å². The van der Waals surface area contributed by atoms with E-state index in [0.717, 1.165) is 0 Å². The number of rotatable bonds is 6. The number of benzene rings is 1. The highest BCUT2D eigenvalue weighted by molar-refractivity contribution is 5.94. The van der Waals surface area contributed by atoms with E-state index in [1.807, 2.05) is 11.8 Å². The zero-order valence-electron chi connectivity index (χ0n) is 14.0. The van der Waals surface area contributed by atoms with E-state index in [0.29, 0.717) is 38.2 Å². The lowest BCUT2D eigenvalue weighted by atomic mass is 10.0. The number of carbonyl (C=O) groups excluding carboxylic acids is 1. The fourth-order valence-electron chi connectivity index (χ4n) is 3.07. The van der Waals surface area contributed by atoms with Crippen molar-refractivity contribution in [2.75, 3.05) is 33.3 Å². The lowest BCUT2D eigenvalue weighted by molar-refractivity contribution is -0.139. The van der Waals surface area contributed by atoms with Gasteiger partial charge in [0.15, 0.2) is 0 Å². The van der Waals surface area contributed by atoms with Crippen LogP contribution in [-0.4, -0.2) is 66.1 Å². The number of amides is 1. The number of likely N-dealkylation sites (N-methyl/N-ethyl adjacent to an activating group) is 1. The lowest BCUT2D eigenvalue weighted by Crippen LogP contribution is -2.48. The molecule has 1 N–H and O–H groups in total. The Morgan fingerprint density at radius 1 is 1.38 bits per heavy atom. The first-order valence-electron chi connectivity index (χ1n) is 8.05. The number of methoxy groups -OCH3 is 1. The molecular weight excluding hydrogens is 315 g/mol. The Bertz CT molecular complexity index is 600. The van der Waals surface area contributed by atoms with Crippen LogP contribution in [0.15, 0.2) is 18.2 Å². The van der Waals surface area contributed by atoms with Gasteiger partial charge in [-0.2, -0.15) is 0 Å². The molecule has 0 radical (unpaired) electrons. The second-order valence-electron chi connectivity index (χ2n) is 5.83. The van der Waals surface area contributed by atoms with Crippen molar-refractivity contribution in [2.45, 2.75) is 25.8 Å². The van der Waals surface area contributed by atoms with Crippen LogP contribution in [0.5, 0.6) is 5.75 Å². The first kappa shape index (κ1) is 18.2. The summed E-state index contributed by atoms with van der Waals surface area (Å²) >= 11 is 0. The third-order valence-corrected chi connectivity index (χ3v) is 4.42. The van der Waals surface area contributed by atoms with Gasteiger partial charge in [-0.25, -0.2) is 4.39 Å². The van der Waals surface area contributed by atoms with Gasteiger partial charge in [-0.15, -0.1) is 0 Å². The summed E-state index contributed by atoms with van der Waals surface area (Å²) < 4.78 is 19.0. The summed E-state index contributed by atoms with van der Waals surface area (Å²) in [6.45, 7) is 3.56. The van der Waals surface area contributed by atoms with Crippen LogP contribution in [0.1, 0.15) is 30.1 Å². The Hall–Kier alpha value is -2.15. The summed E-state index contributed by atoms with van der Waals surface area (Å²) in [4.78, 5) is 26.9. The third kappa shape index (κ3) is 4.23. The number of carboxylic acid groups (broad SMARTS) is 1. The largest absolute Gasteiger partial charge is 0.497 e. The van der Waals surface area contributed by atoms with Crippen molar-refractivity contribution in [2.24, 2.45) is 0 Å². The van der Waals surface area contributed by atoms with Crippen molar-refractivity contribution in [3.63, 3.8) is 0 Å². The molecule has 0 saturated carbocycles. The lowest BCUT2D eigenvalue weighted by Gasteiger charge is -2.37. The molecule has 1 aliphatic heterocycles. The van der Waals surface area contributed by atoms with E-state index in [1.165, 1.54) is 19.2 Å². The minimum atomic E-state index is -0.851. The smallest absolute Gasteiger partial charge is 0.317 e. The number of piperidine rings is 1. The predicted molar refractivity (Wildman–Crippen MR) is 86.8 cm³/mol. The number of halogens is 1. The Morgan fingerprint density at radius 2 is 2.04 bits per heavy atom. The normalized spacial score (nSPS) is 15.6. The maximum atomic E-state index is 14.0. The highest BCUT2D eigenvalue weighted by Gasteiger charge is 2.28. The molecule has 2 rings (SSSR count). The van der Waals surface area contributed by atoms with E-state index < -0.39 is 11.8 Å². The molecule has 24 heavy (non-hydrogen) atoms. The summed E-state index contributed by atoms with van der Waals surface area (Å²) in [5, 5.41) is 8.95. The van der Waals surface area contributed by atoms with Crippen LogP contribution < -0.4 is 4.74 Å². The van der Waals surface area contributed by atoms with E-state index >= 15 is 0 Å². The van der Waals surface area contributed by atoms with Gasteiger partial charge in [0.25, 0.3) is 5.91 Å². The molecule has 0 aromatic heterocycles. The van der Waals surface area contributed by atoms with E-state index in [9.17, 15) is 14.0 Å². The van der Waals surface area contributed by atoms with Gasteiger partial charge in [0.05, 0.1) is 19.2 Å². The number of hydrogen-bond acceptors (Lipinski definition) is 4. The monoisotopic (exact) mass is 338 g/mol. The molecule has 6 nitrogen and oxygen atoms in total. The molecule has 0 spiro atoms. The van der Waals surface area contributed by atoms with E-state index in [4.69, 9.17) is 9.84 Å². The van der Waals surface area contributed by atoms with Gasteiger partial charge in [0, 0.05) is 25.2 Å². The number of carbonyl (C=O) groups is 2. The molecule has 1 amide bonds. The number of nitrogens with zero attached hydrogens (tertiary/aromatic N) is 2. The van der Waals surface area contributed by atoms with Gasteiger partial charge < -0.3 is 14.7 Å². The van der Waals surface area contributed by atoms with Gasteiger partial charge in [0.1, 0.15) is 11.6 Å². The summed E-state index contributed by atoms with van der Waals surface area (Å²) in [6.07, 6.45) is 1.37. The highest BCUT2D eigenvalue weighted by Crippen LogP contribution is 2.21. The summed E-state index contributed by atoms with van der Waals surface area (Å²) in [5.74, 6) is -1.41. The topological polar surface area (TPSA) is 70.1 Å². The van der Waals surface area contributed by atoms with Gasteiger partial charge in [-0.1, -0.05) is 6.92 Å². The minimum absolute atomic E-state index is 0.00220. The molecule has 1 aromatic carbocycles. The molecule has 0 unspecified atom stereocenters. The van der Waals surface area contributed by atoms with Gasteiger partial charge >= 0.3 is 5.97 Å². The predicted octanol–water partition coefficient (Wildman–Crippen LogP) is 1.85. The number of aliphatic carboxylic acids is 1. The Kier molecular flexibility index (Phi) is 6.14. The van der Waals surface area contributed by atoms with Crippen LogP contribution >= 0.6 is 0 Å². The second kappa shape index (κ2) is 8.10. The molecule has 0 atom stereocenters. The van der Waals surface area contributed by atoms with Crippen molar-refractivity contribution in [3.8, 4) is 5.75 Å². The maximum Gasteiger partial charge on any atom is 0.317 e. The first-order valence-corrected chi connectivity index (χ1v) is 8.05. The van der Waals surface area contributed by atoms with Crippen LogP contribution in [0.25, 0.3) is 0 Å². The van der Waals surface area contributed by atoms with Gasteiger partial charge in [-0.05, 0) is 31.5 Å². The molecule has 1 aliphatic rings. The summed E-state index contributed by atoms with van der Waals surface area (Å²) in [5.41, 5.74) is 0.0344. The Morgan fingerprint density at radius 3 is 2.54 bits per heavy atom. The highest BCUT2D eigenvalue weighted by atomic mass is 19.1. The second-order valence-corrected chi connectivity index (χ2v) is 5.83. The van der Waals surface area contributed by atoms with Crippen LogP contribution in [0.4, 0.5) is 4.39 Å². The van der Waals surface area contributed by atoms with Gasteiger partial charge in [-0.3, -0.25) is 14.5 Å². The molecule has 1 fully saturated rings. The fourth-order valence-corrected chi connectivity index (χ4v) is 3.07. The van der Waals surface area contributed by atoms with Crippen LogP contribution in [0, 0.1) is 5.82 Å². The molecule has 132 valence electrons. The van der Waals surface area contributed by atoms with Crippen molar-refractivity contribution in [1.82, 2.24) is 9.80 Å². The zero-order chi connectivity index (χ0) is 17.7. The van der Waals surface area contributed by atoms with Crippen molar-refractivity contribution in [3.05, 3.63) is 29.6 Å². The molecule has 1 aromatic rings. The molecule has 0 bridgehead atoms. The zero-order valence-corrected chi connectivity index (χ0v) is 14.0. The van der Waals surface area contributed by atoms with E-state index in [1.54, 1.807) is 11.0 Å². The molecule has 0 aliphatic carbocycles. The number of carboxylic acids is 1. The SMILES string of the molecule is CCN(CC(=O)O)C1CCN(C(=O)c2ccc(OC)cc2F)CC1. The van der Waals surface area contributed by atoms with Crippen LogP contribution in [0.3, 0.4) is 0 Å². The van der Waals surface area contributed by atoms with E-state index in [2.05, 4.69) is 0 Å². The fraction of sp³-hybridized carbons (Fsp3) is 0.529. The van der Waals surface area contributed by atoms with Crippen molar-refractivity contribution >= 4 is 11.9 Å². The van der Waals surface area contributed by atoms with Crippen LogP contribution in [0.2, 0.25) is 0 Å². The molecular formula is C17H23FN2O4. The number of hydrogen-bond donors (Lipinski definition) is 1. The van der Waals surface area contributed by atoms with Gasteiger partial charge in [0.2, 0.25) is 0 Å². The van der Waals surface area contributed by atoms with E-state index in [-0.39, 0.29) is 24.1 Å². The minimum Gasteiger partial charge on any atom is -0.497 e. The third-order valence-electron chi connectivity index (χ3n) is 4.42. The standard InChI is InChI=1S/C17H23FN2O4/c1-3-19(11-16(21)22)12-6-8-20(9-7-12)17(23)14-5-4-13(24-2)10-15(14)18/h4-5,10,12H,3,6-9,11H2,1-2H3,(H,21,22). The maximum absolute atomic E-state index is 14.0. The number of ether oxygens (including phenoxy) is 1. The molecule has 1 heterocycles. The molecule has 7 heteroatoms. The summed E-state index contributed by atoms with van der Waals surface area (Å²) in [7, 11) is 1.44. The Balaban J connectivity index is 1.99. The van der Waals surface area contributed by atoms with Crippen molar-refractivity contribution in [1.29, 1.82) is 0 Å².